The molecule has 0 saturated heterocycles. The van der Waals surface area contributed by atoms with E-state index in [1.165, 1.54) is 27.8 Å². The molecule has 1 unspecified atom stereocenters. The first kappa shape index (κ1) is 18.4. The van der Waals surface area contributed by atoms with Gasteiger partial charge < -0.3 is 0 Å². The molecular formula is C24H28SiZr. The predicted molar refractivity (Wildman–Crippen MR) is 113 cm³/mol. The van der Waals surface area contributed by atoms with Crippen LogP contribution in [0.4, 0.5) is 0 Å². The van der Waals surface area contributed by atoms with Crippen LogP contribution in [0.3, 0.4) is 0 Å². The van der Waals surface area contributed by atoms with Crippen LogP contribution in [0.2, 0.25) is 13.1 Å². The average molecular weight is 436 g/mol. The van der Waals surface area contributed by atoms with Crippen molar-refractivity contribution in [3.05, 3.63) is 76.9 Å². The van der Waals surface area contributed by atoms with Crippen molar-refractivity contribution in [2.75, 3.05) is 0 Å². The summed E-state index contributed by atoms with van der Waals surface area (Å²) in [6.07, 6.45) is 6.02. The Morgan fingerprint density at radius 2 is 1.62 bits per heavy atom. The molecule has 2 aromatic carbocycles. The number of fused-ring (bicyclic) bond motifs is 3. The quantitative estimate of drug-likeness (QED) is 0.478. The predicted octanol–water partition coefficient (Wildman–Crippen LogP) is 6.58. The van der Waals surface area contributed by atoms with Crippen LogP contribution < -0.4 is 0 Å². The molecule has 0 bridgehead atoms. The fourth-order valence-electron chi connectivity index (χ4n) is 4.28. The van der Waals surface area contributed by atoms with E-state index in [1.807, 2.05) is 0 Å². The summed E-state index contributed by atoms with van der Waals surface area (Å²) in [5.41, 5.74) is 11.1. The molecule has 0 saturated carbocycles. The van der Waals surface area contributed by atoms with E-state index >= 15 is 0 Å². The Hall–Kier alpha value is -0.980. The van der Waals surface area contributed by atoms with Gasteiger partial charge in [0.05, 0.1) is 0 Å². The maximum absolute atomic E-state index is 2.56. The van der Waals surface area contributed by atoms with E-state index in [0.29, 0.717) is 0 Å². The summed E-state index contributed by atoms with van der Waals surface area (Å²) >= 11 is -0.412. The van der Waals surface area contributed by atoms with E-state index in [0.717, 1.165) is 10.0 Å². The van der Waals surface area contributed by atoms with Crippen molar-refractivity contribution in [2.45, 2.75) is 43.9 Å². The molecule has 1 atom stereocenters. The fraction of sp³-hybridized carbons (Fsp3) is 0.333. The van der Waals surface area contributed by atoms with Crippen molar-refractivity contribution in [1.82, 2.24) is 0 Å². The van der Waals surface area contributed by atoms with E-state index in [9.17, 15) is 0 Å². The number of hydrogen-bond acceptors (Lipinski definition) is 0. The molecule has 132 valence electrons. The number of allylic oxidation sites excluding steroid dienone is 4. The molecule has 2 aromatic rings. The van der Waals surface area contributed by atoms with Gasteiger partial charge in [0.15, 0.2) is 0 Å². The Morgan fingerprint density at radius 3 is 2.31 bits per heavy atom. The van der Waals surface area contributed by atoms with E-state index in [2.05, 4.69) is 88.5 Å². The Kier molecular flexibility index (Phi) is 4.86. The molecule has 2 heteroatoms. The van der Waals surface area contributed by atoms with E-state index < -0.39 is 28.3 Å². The van der Waals surface area contributed by atoms with Crippen molar-refractivity contribution in [3.8, 4) is 11.1 Å². The van der Waals surface area contributed by atoms with Crippen LogP contribution in [-0.2, 0) is 22.4 Å². The Morgan fingerprint density at radius 1 is 0.923 bits per heavy atom. The zero-order valence-electron chi connectivity index (χ0n) is 16.6. The van der Waals surface area contributed by atoms with E-state index in [-0.39, 0.29) is 5.41 Å². The van der Waals surface area contributed by atoms with Gasteiger partial charge in [0.25, 0.3) is 0 Å². The molecule has 26 heavy (non-hydrogen) atoms. The van der Waals surface area contributed by atoms with Crippen LogP contribution in [-0.4, -0.2) is 5.92 Å². The first-order valence-corrected chi connectivity index (χ1v) is 18.3. The number of rotatable bonds is 3. The average Bonchev–Trinajstić information content (AvgIpc) is 3.19. The molecule has 0 aliphatic heterocycles. The summed E-state index contributed by atoms with van der Waals surface area (Å²) in [4.78, 5) is 0. The summed E-state index contributed by atoms with van der Waals surface area (Å²) in [6, 6.07) is 16.2. The van der Waals surface area contributed by atoms with Gasteiger partial charge >= 0.3 is 171 Å². The van der Waals surface area contributed by atoms with Gasteiger partial charge in [-0.05, 0) is 0 Å². The Bertz CT molecular complexity index is 912. The minimum atomic E-state index is -0.498. The van der Waals surface area contributed by atoms with E-state index in [1.54, 1.807) is 11.1 Å². The molecule has 0 amide bonds. The topological polar surface area (TPSA) is 0 Å². The van der Waals surface area contributed by atoms with Gasteiger partial charge in [-0.25, -0.2) is 0 Å². The Labute approximate surface area is 170 Å². The van der Waals surface area contributed by atoms with Crippen molar-refractivity contribution in [1.29, 1.82) is 0 Å². The Balaban J connectivity index is 1.85. The second-order valence-electron chi connectivity index (χ2n) is 8.89. The molecule has 2 aliphatic carbocycles. The molecule has 4 rings (SSSR count). The number of hydrogen-bond donors (Lipinski definition) is 0. The molecule has 2 aliphatic rings. The summed E-state index contributed by atoms with van der Waals surface area (Å²) in [6.45, 7) is 12.1. The van der Waals surface area contributed by atoms with Crippen LogP contribution in [0.15, 0.2) is 60.2 Å². The van der Waals surface area contributed by atoms with Gasteiger partial charge in [-0.3, -0.25) is 0 Å². The van der Waals surface area contributed by atoms with E-state index in [4.69, 9.17) is 0 Å². The summed E-state index contributed by atoms with van der Waals surface area (Å²) in [5, 5.41) is 0. The molecule has 0 N–H and O–H groups in total. The summed E-state index contributed by atoms with van der Waals surface area (Å²) < 4.78 is 0.757. The second-order valence-corrected chi connectivity index (χ2v) is 23.9. The molecule has 0 radical (unpaired) electrons. The van der Waals surface area contributed by atoms with Crippen molar-refractivity contribution in [2.24, 2.45) is 5.41 Å². The molecule has 0 fully saturated rings. The van der Waals surface area contributed by atoms with Crippen LogP contribution in [0.25, 0.3) is 16.7 Å². The number of benzene rings is 2. The monoisotopic (exact) mass is 434 g/mol. The zero-order chi connectivity index (χ0) is 18.5. The van der Waals surface area contributed by atoms with Gasteiger partial charge in [-0.15, -0.1) is 0 Å². The molecule has 0 aromatic heterocycles. The van der Waals surface area contributed by atoms with Crippen LogP contribution in [0.1, 0.15) is 47.5 Å². The van der Waals surface area contributed by atoms with Gasteiger partial charge in [0, 0.05) is 0 Å². The molecule has 0 nitrogen and oxygen atoms in total. The van der Waals surface area contributed by atoms with Crippen LogP contribution in [0.5, 0.6) is 0 Å². The standard InChI is InChI=1S/C22H21.C2H7Si.Zr/c1-22(2,3)17-12-11-16(13-17)19-9-6-10-20-18-8-5-4-7-15(18)14-21(19)20;1-3-2;/h4-10,12-14H,11H2,1-3H3;3H,1-2H3;. The van der Waals surface area contributed by atoms with Gasteiger partial charge in [-0.1, -0.05) is 0 Å². The second kappa shape index (κ2) is 6.88. The minimum absolute atomic E-state index is 0.240. The third-order valence-corrected chi connectivity index (χ3v) is 15.4. The van der Waals surface area contributed by atoms with Crippen molar-refractivity contribution >= 4 is 11.5 Å². The molecule has 0 heterocycles. The normalized spacial score (nSPS) is 18.5. The third kappa shape index (κ3) is 3.20. The first-order chi connectivity index (χ1) is 12.4. The molecule has 0 spiro atoms. The SMILES string of the molecule is C[SiH](C)[Zr][CH]1c2ccccc2-c2cccc(C3=CC(C(C)(C)C)=CC3)c21. The van der Waals surface area contributed by atoms with Crippen LogP contribution in [0, 0.1) is 5.41 Å². The third-order valence-electron chi connectivity index (χ3n) is 5.54. The fourth-order valence-corrected chi connectivity index (χ4v) is 14.1. The van der Waals surface area contributed by atoms with Crippen molar-refractivity contribution < 1.29 is 22.4 Å². The van der Waals surface area contributed by atoms with Gasteiger partial charge in [0.2, 0.25) is 0 Å². The summed E-state index contributed by atoms with van der Waals surface area (Å²) in [5.74, 6) is -0.498. The first-order valence-electron chi connectivity index (χ1n) is 9.76. The van der Waals surface area contributed by atoms with Gasteiger partial charge in [0.1, 0.15) is 0 Å². The van der Waals surface area contributed by atoms with Crippen LogP contribution >= 0.6 is 0 Å². The zero-order valence-corrected chi connectivity index (χ0v) is 20.2. The van der Waals surface area contributed by atoms with Gasteiger partial charge in [-0.2, -0.15) is 0 Å². The van der Waals surface area contributed by atoms with Crippen molar-refractivity contribution in [3.63, 3.8) is 0 Å². The summed E-state index contributed by atoms with van der Waals surface area (Å²) in [7, 11) is 0. The molecular weight excluding hydrogens is 408 g/mol. The maximum atomic E-state index is 2.56.